The van der Waals surface area contributed by atoms with Crippen LogP contribution < -0.4 is 5.32 Å². The van der Waals surface area contributed by atoms with E-state index in [9.17, 15) is 4.79 Å². The summed E-state index contributed by atoms with van der Waals surface area (Å²) in [6.45, 7) is 2.29. The van der Waals surface area contributed by atoms with E-state index in [4.69, 9.17) is 4.74 Å². The maximum absolute atomic E-state index is 10.4. The van der Waals surface area contributed by atoms with Crippen LogP contribution in [0.5, 0.6) is 0 Å². The Balaban J connectivity index is 2.11. The number of morpholine rings is 1. The van der Waals surface area contributed by atoms with E-state index in [1.807, 2.05) is 6.07 Å². The van der Waals surface area contributed by atoms with E-state index in [0.29, 0.717) is 12.3 Å². The van der Waals surface area contributed by atoms with Crippen molar-refractivity contribution in [2.45, 2.75) is 6.04 Å². The van der Waals surface area contributed by atoms with Gasteiger partial charge in [0.15, 0.2) is 6.29 Å². The Morgan fingerprint density at radius 1 is 1.57 bits per heavy atom. The van der Waals surface area contributed by atoms with Gasteiger partial charge in [0.1, 0.15) is 5.69 Å². The van der Waals surface area contributed by atoms with Gasteiger partial charge < -0.3 is 10.1 Å². The average molecular weight is 192 g/mol. The van der Waals surface area contributed by atoms with Crippen LogP contribution in [0.1, 0.15) is 22.1 Å². The van der Waals surface area contributed by atoms with Gasteiger partial charge in [0.05, 0.1) is 19.3 Å². The maximum Gasteiger partial charge on any atom is 0.168 e. The van der Waals surface area contributed by atoms with Gasteiger partial charge in [0.25, 0.3) is 0 Å². The largest absolute Gasteiger partial charge is 0.378 e. The topological polar surface area (TPSA) is 51.2 Å². The summed E-state index contributed by atoms with van der Waals surface area (Å²) >= 11 is 0. The number of hydrogen-bond acceptors (Lipinski definition) is 4. The molecule has 0 aromatic carbocycles. The van der Waals surface area contributed by atoms with Crippen LogP contribution in [-0.4, -0.2) is 31.0 Å². The molecule has 2 heterocycles. The van der Waals surface area contributed by atoms with Gasteiger partial charge in [0, 0.05) is 12.7 Å². The standard InChI is InChI=1S/C10H12N2O2/c13-6-9-2-1-8(5-12-9)10-7-14-4-3-11-10/h1-2,5-6,10-11H,3-4,7H2/t10-/m0/s1. The third kappa shape index (κ3) is 1.97. The van der Waals surface area contributed by atoms with Crippen molar-refractivity contribution in [1.82, 2.24) is 10.3 Å². The molecule has 1 aliphatic rings. The minimum atomic E-state index is 0.206. The number of carbonyl (C=O) groups excluding carboxylic acids is 1. The van der Waals surface area contributed by atoms with Gasteiger partial charge in [-0.2, -0.15) is 0 Å². The van der Waals surface area contributed by atoms with Gasteiger partial charge in [-0.3, -0.25) is 9.78 Å². The highest BCUT2D eigenvalue weighted by molar-refractivity contribution is 5.71. The fraction of sp³-hybridized carbons (Fsp3) is 0.400. The first-order valence-electron chi connectivity index (χ1n) is 4.62. The predicted molar refractivity (Wildman–Crippen MR) is 51.2 cm³/mol. The molecule has 1 fully saturated rings. The number of nitrogens with one attached hydrogen (secondary N) is 1. The molecule has 0 aliphatic carbocycles. The molecule has 1 aromatic heterocycles. The molecule has 4 heteroatoms. The van der Waals surface area contributed by atoms with Gasteiger partial charge in [-0.05, 0) is 11.6 Å². The van der Waals surface area contributed by atoms with Crippen molar-refractivity contribution in [2.75, 3.05) is 19.8 Å². The zero-order valence-corrected chi connectivity index (χ0v) is 7.77. The van der Waals surface area contributed by atoms with Gasteiger partial charge in [-0.15, -0.1) is 0 Å². The van der Waals surface area contributed by atoms with Crippen LogP contribution >= 0.6 is 0 Å². The van der Waals surface area contributed by atoms with E-state index in [1.165, 1.54) is 0 Å². The summed E-state index contributed by atoms with van der Waals surface area (Å²) in [6.07, 6.45) is 2.46. The molecule has 2 rings (SSSR count). The maximum atomic E-state index is 10.4. The molecule has 0 unspecified atom stereocenters. The number of aldehydes is 1. The lowest BCUT2D eigenvalue weighted by Crippen LogP contribution is -2.34. The van der Waals surface area contributed by atoms with Crippen molar-refractivity contribution in [3.8, 4) is 0 Å². The fourth-order valence-corrected chi connectivity index (χ4v) is 1.47. The first-order valence-corrected chi connectivity index (χ1v) is 4.62. The van der Waals surface area contributed by atoms with Crippen LogP contribution in [0.4, 0.5) is 0 Å². The van der Waals surface area contributed by atoms with Crippen molar-refractivity contribution in [3.05, 3.63) is 29.6 Å². The van der Waals surface area contributed by atoms with Crippen LogP contribution in [0.25, 0.3) is 0 Å². The van der Waals surface area contributed by atoms with Crippen LogP contribution in [0.3, 0.4) is 0 Å². The molecule has 1 aromatic rings. The highest BCUT2D eigenvalue weighted by atomic mass is 16.5. The van der Waals surface area contributed by atoms with Crippen LogP contribution in [0, 0.1) is 0 Å². The summed E-state index contributed by atoms with van der Waals surface area (Å²) in [6, 6.07) is 3.83. The highest BCUT2D eigenvalue weighted by Gasteiger charge is 2.14. The quantitative estimate of drug-likeness (QED) is 0.695. The predicted octanol–water partition coefficient (Wildman–Crippen LogP) is 0.555. The molecule has 0 amide bonds. The summed E-state index contributed by atoms with van der Waals surface area (Å²) in [5.41, 5.74) is 1.53. The number of carbonyl (C=O) groups is 1. The SMILES string of the molecule is O=Cc1ccc([C@@H]2COCCN2)cn1. The molecular formula is C10H12N2O2. The normalized spacial score (nSPS) is 21.9. The molecule has 14 heavy (non-hydrogen) atoms. The number of nitrogens with zero attached hydrogens (tertiary/aromatic N) is 1. The fourth-order valence-electron chi connectivity index (χ4n) is 1.47. The molecule has 0 radical (unpaired) electrons. The van der Waals surface area contributed by atoms with E-state index in [-0.39, 0.29) is 6.04 Å². The van der Waals surface area contributed by atoms with Crippen molar-refractivity contribution in [1.29, 1.82) is 0 Å². The van der Waals surface area contributed by atoms with E-state index in [1.54, 1.807) is 12.3 Å². The first kappa shape index (κ1) is 9.30. The second-order valence-electron chi connectivity index (χ2n) is 3.22. The Labute approximate surface area is 82.3 Å². The van der Waals surface area contributed by atoms with Gasteiger partial charge in [-0.1, -0.05) is 6.07 Å². The number of hydrogen-bond donors (Lipinski definition) is 1. The van der Waals surface area contributed by atoms with Gasteiger partial charge in [0.2, 0.25) is 0 Å². The summed E-state index contributed by atoms with van der Waals surface area (Å²) in [5, 5.41) is 3.32. The van der Waals surface area contributed by atoms with E-state index < -0.39 is 0 Å². The van der Waals surface area contributed by atoms with E-state index in [2.05, 4.69) is 10.3 Å². The lowest BCUT2D eigenvalue weighted by Gasteiger charge is -2.23. The number of pyridine rings is 1. The van der Waals surface area contributed by atoms with E-state index in [0.717, 1.165) is 25.0 Å². The third-order valence-corrected chi connectivity index (χ3v) is 2.25. The molecule has 0 bridgehead atoms. The Bertz CT molecular complexity index is 304. The Morgan fingerprint density at radius 3 is 3.07 bits per heavy atom. The Kier molecular flexibility index (Phi) is 2.86. The molecule has 1 saturated heterocycles. The molecule has 4 nitrogen and oxygen atoms in total. The Morgan fingerprint density at radius 2 is 2.50 bits per heavy atom. The molecule has 0 spiro atoms. The molecular weight excluding hydrogens is 180 g/mol. The molecule has 1 N–H and O–H groups in total. The van der Waals surface area contributed by atoms with Crippen LogP contribution in [0.2, 0.25) is 0 Å². The smallest absolute Gasteiger partial charge is 0.168 e. The summed E-state index contributed by atoms with van der Waals surface area (Å²) in [5.74, 6) is 0. The number of aromatic nitrogens is 1. The molecule has 1 aliphatic heterocycles. The van der Waals surface area contributed by atoms with Crippen LogP contribution in [-0.2, 0) is 4.74 Å². The minimum absolute atomic E-state index is 0.206. The lowest BCUT2D eigenvalue weighted by molar-refractivity contribution is 0.0768. The highest BCUT2D eigenvalue weighted by Crippen LogP contribution is 2.14. The molecule has 1 atom stereocenters. The first-order chi connectivity index (χ1) is 6.90. The summed E-state index contributed by atoms with van der Waals surface area (Å²) in [4.78, 5) is 14.4. The van der Waals surface area contributed by atoms with E-state index >= 15 is 0 Å². The van der Waals surface area contributed by atoms with Crippen molar-refractivity contribution < 1.29 is 9.53 Å². The molecule has 74 valence electrons. The monoisotopic (exact) mass is 192 g/mol. The second-order valence-corrected chi connectivity index (χ2v) is 3.22. The number of ether oxygens (including phenoxy) is 1. The third-order valence-electron chi connectivity index (χ3n) is 2.25. The van der Waals surface area contributed by atoms with Gasteiger partial charge >= 0.3 is 0 Å². The van der Waals surface area contributed by atoms with Gasteiger partial charge in [-0.25, -0.2) is 0 Å². The Hall–Kier alpha value is -1.26. The minimum Gasteiger partial charge on any atom is -0.378 e. The summed E-state index contributed by atoms with van der Waals surface area (Å²) < 4.78 is 5.33. The van der Waals surface area contributed by atoms with Crippen molar-refractivity contribution in [3.63, 3.8) is 0 Å². The second kappa shape index (κ2) is 4.30. The zero-order valence-electron chi connectivity index (χ0n) is 7.77. The zero-order chi connectivity index (χ0) is 9.80. The lowest BCUT2D eigenvalue weighted by atomic mass is 10.1. The van der Waals surface area contributed by atoms with Crippen molar-refractivity contribution in [2.24, 2.45) is 0 Å². The average Bonchev–Trinajstić information content (AvgIpc) is 2.30. The van der Waals surface area contributed by atoms with Crippen molar-refractivity contribution >= 4 is 6.29 Å². The molecule has 0 saturated carbocycles. The van der Waals surface area contributed by atoms with Crippen LogP contribution in [0.15, 0.2) is 18.3 Å². The number of rotatable bonds is 2. The summed E-state index contributed by atoms with van der Waals surface area (Å²) in [7, 11) is 0.